The van der Waals surface area contributed by atoms with Crippen LogP contribution in [0.2, 0.25) is 0 Å². The van der Waals surface area contributed by atoms with Gasteiger partial charge in [-0.3, -0.25) is 19.9 Å². The Hall–Kier alpha value is -3.14. The number of nitrogens with zero attached hydrogens (tertiary/aromatic N) is 2. The SMILES string of the molecule is O=C(CSc1ccc(C(F)(F)F)cc1[N+](=O)[O-])Nc1cccc2cccnc12. The Bertz CT molecular complexity index is 1050. The normalized spacial score (nSPS) is 11.4. The Labute approximate surface area is 160 Å². The smallest absolute Gasteiger partial charge is 0.323 e. The van der Waals surface area contributed by atoms with Crippen molar-refractivity contribution in [3.8, 4) is 0 Å². The lowest BCUT2D eigenvalue weighted by molar-refractivity contribution is -0.388. The summed E-state index contributed by atoms with van der Waals surface area (Å²) in [5, 5.41) is 14.6. The van der Waals surface area contributed by atoms with Gasteiger partial charge >= 0.3 is 6.18 Å². The van der Waals surface area contributed by atoms with Gasteiger partial charge in [-0.25, -0.2) is 0 Å². The first-order valence-electron chi connectivity index (χ1n) is 7.88. The summed E-state index contributed by atoms with van der Waals surface area (Å²) in [7, 11) is 0. The van der Waals surface area contributed by atoms with Gasteiger partial charge in [0.2, 0.25) is 5.91 Å². The van der Waals surface area contributed by atoms with E-state index >= 15 is 0 Å². The van der Waals surface area contributed by atoms with Crippen LogP contribution in [0.1, 0.15) is 5.56 Å². The summed E-state index contributed by atoms with van der Waals surface area (Å²) in [5.41, 5.74) is -0.747. The number of thioether (sulfide) groups is 1. The fourth-order valence-electron chi connectivity index (χ4n) is 2.49. The number of anilines is 1. The molecule has 1 aromatic heterocycles. The molecule has 0 radical (unpaired) electrons. The molecule has 0 aliphatic rings. The average Bonchev–Trinajstić information content (AvgIpc) is 2.65. The summed E-state index contributed by atoms with van der Waals surface area (Å²) < 4.78 is 38.2. The van der Waals surface area contributed by atoms with Crippen molar-refractivity contribution >= 4 is 39.9 Å². The van der Waals surface area contributed by atoms with Crippen LogP contribution in [-0.2, 0) is 11.0 Å². The number of hydrogen-bond donors (Lipinski definition) is 1. The van der Waals surface area contributed by atoms with Gasteiger partial charge in [0.25, 0.3) is 5.69 Å². The van der Waals surface area contributed by atoms with E-state index in [0.29, 0.717) is 17.3 Å². The lowest BCUT2D eigenvalue weighted by atomic mass is 10.2. The molecule has 10 heteroatoms. The number of carbonyl (C=O) groups is 1. The van der Waals surface area contributed by atoms with Crippen molar-refractivity contribution in [3.05, 3.63) is 70.4 Å². The fourth-order valence-corrected chi connectivity index (χ4v) is 3.30. The molecule has 1 amide bonds. The number of hydrogen-bond acceptors (Lipinski definition) is 5. The van der Waals surface area contributed by atoms with E-state index in [9.17, 15) is 28.1 Å². The Morgan fingerprint density at radius 1 is 1.18 bits per heavy atom. The predicted molar refractivity (Wildman–Crippen MR) is 99.2 cm³/mol. The molecule has 0 unspecified atom stereocenters. The molecule has 0 aliphatic carbocycles. The molecule has 0 aliphatic heterocycles. The zero-order chi connectivity index (χ0) is 20.3. The van der Waals surface area contributed by atoms with Gasteiger partial charge in [0.05, 0.1) is 32.3 Å². The number of rotatable bonds is 5. The Morgan fingerprint density at radius 2 is 1.93 bits per heavy atom. The number of halogens is 3. The van der Waals surface area contributed by atoms with Crippen molar-refractivity contribution in [2.45, 2.75) is 11.1 Å². The molecule has 144 valence electrons. The highest BCUT2D eigenvalue weighted by Gasteiger charge is 2.33. The quantitative estimate of drug-likeness (QED) is 0.370. The van der Waals surface area contributed by atoms with Crippen LogP contribution in [0.15, 0.2) is 59.6 Å². The summed E-state index contributed by atoms with van der Waals surface area (Å²) in [6.07, 6.45) is -3.11. The van der Waals surface area contributed by atoms with Gasteiger partial charge in [0.1, 0.15) is 0 Å². The van der Waals surface area contributed by atoms with E-state index in [2.05, 4.69) is 10.3 Å². The number of nitrogens with one attached hydrogen (secondary N) is 1. The van der Waals surface area contributed by atoms with Crippen LogP contribution in [0.25, 0.3) is 10.9 Å². The number of aromatic nitrogens is 1. The maximum Gasteiger partial charge on any atom is 0.416 e. The molecule has 0 bridgehead atoms. The minimum atomic E-state index is -4.69. The van der Waals surface area contributed by atoms with E-state index in [-0.39, 0.29) is 10.6 Å². The van der Waals surface area contributed by atoms with Crippen LogP contribution in [0.5, 0.6) is 0 Å². The largest absolute Gasteiger partial charge is 0.416 e. The molecule has 3 rings (SSSR count). The topological polar surface area (TPSA) is 85.1 Å². The summed E-state index contributed by atoms with van der Waals surface area (Å²) in [6.45, 7) is 0. The lowest BCUT2D eigenvalue weighted by Crippen LogP contribution is -2.14. The van der Waals surface area contributed by atoms with Crippen molar-refractivity contribution in [1.82, 2.24) is 4.98 Å². The zero-order valence-electron chi connectivity index (χ0n) is 14.1. The minimum absolute atomic E-state index is 0.0239. The molecule has 0 saturated carbocycles. The second-order valence-corrected chi connectivity index (χ2v) is 6.67. The number of nitro groups is 1. The number of amides is 1. The Kier molecular flexibility index (Phi) is 5.50. The molecule has 6 nitrogen and oxygen atoms in total. The molecule has 2 aromatic carbocycles. The first kappa shape index (κ1) is 19.6. The van der Waals surface area contributed by atoms with Gasteiger partial charge in [-0.1, -0.05) is 18.2 Å². The molecular weight excluding hydrogens is 395 g/mol. The number of pyridine rings is 1. The number of fused-ring (bicyclic) bond motifs is 1. The van der Waals surface area contributed by atoms with Gasteiger partial charge < -0.3 is 5.32 Å². The number of benzene rings is 2. The van der Waals surface area contributed by atoms with Crippen molar-refractivity contribution in [2.75, 3.05) is 11.1 Å². The van der Waals surface area contributed by atoms with Crippen LogP contribution < -0.4 is 5.32 Å². The van der Waals surface area contributed by atoms with E-state index in [1.807, 2.05) is 12.1 Å². The van der Waals surface area contributed by atoms with Crippen molar-refractivity contribution in [3.63, 3.8) is 0 Å². The summed E-state index contributed by atoms with van der Waals surface area (Å²) in [5.74, 6) is -0.674. The highest BCUT2D eigenvalue weighted by atomic mass is 32.2. The standard InChI is InChI=1S/C18H12F3N3O3S/c19-18(20,21)12-6-7-15(14(9-12)24(26)27)28-10-16(25)23-13-5-1-3-11-4-2-8-22-17(11)13/h1-9H,10H2,(H,23,25). The number of carbonyl (C=O) groups excluding carboxylic acids is 1. The van der Waals surface area contributed by atoms with Crippen LogP contribution in [0.3, 0.4) is 0 Å². The monoisotopic (exact) mass is 407 g/mol. The lowest BCUT2D eigenvalue weighted by Gasteiger charge is -2.10. The molecule has 3 aromatic rings. The fraction of sp³-hybridized carbons (Fsp3) is 0.111. The van der Waals surface area contributed by atoms with Crippen LogP contribution in [-0.4, -0.2) is 21.6 Å². The van der Waals surface area contributed by atoms with Crippen molar-refractivity contribution in [2.24, 2.45) is 0 Å². The van der Waals surface area contributed by atoms with Gasteiger partial charge in [-0.2, -0.15) is 13.2 Å². The zero-order valence-corrected chi connectivity index (χ0v) is 14.9. The van der Waals surface area contributed by atoms with Crippen LogP contribution >= 0.6 is 11.8 Å². The third kappa shape index (κ3) is 4.39. The highest BCUT2D eigenvalue weighted by Crippen LogP contribution is 2.36. The summed E-state index contributed by atoms with van der Waals surface area (Å²) in [6, 6.07) is 11.0. The third-order valence-electron chi connectivity index (χ3n) is 3.75. The maximum absolute atomic E-state index is 12.7. The Balaban J connectivity index is 1.75. The summed E-state index contributed by atoms with van der Waals surface area (Å²) in [4.78, 5) is 26.6. The van der Waals surface area contributed by atoms with Crippen molar-refractivity contribution < 1.29 is 22.9 Å². The van der Waals surface area contributed by atoms with E-state index in [1.54, 1.807) is 24.4 Å². The predicted octanol–water partition coefficient (Wildman–Crippen LogP) is 4.89. The van der Waals surface area contributed by atoms with Gasteiger partial charge in [-0.05, 0) is 24.3 Å². The Morgan fingerprint density at radius 3 is 2.64 bits per heavy atom. The van der Waals surface area contributed by atoms with E-state index < -0.39 is 28.3 Å². The second-order valence-electron chi connectivity index (χ2n) is 5.65. The first-order valence-corrected chi connectivity index (χ1v) is 8.86. The molecule has 1 heterocycles. The number of nitro benzene ring substituents is 1. The van der Waals surface area contributed by atoms with Crippen LogP contribution in [0.4, 0.5) is 24.5 Å². The molecule has 0 atom stereocenters. The van der Waals surface area contributed by atoms with Crippen molar-refractivity contribution in [1.29, 1.82) is 0 Å². The van der Waals surface area contributed by atoms with Gasteiger partial charge in [0, 0.05) is 17.6 Å². The van der Waals surface area contributed by atoms with E-state index in [0.717, 1.165) is 29.3 Å². The third-order valence-corrected chi connectivity index (χ3v) is 4.81. The number of alkyl halides is 3. The molecule has 28 heavy (non-hydrogen) atoms. The molecule has 0 fully saturated rings. The first-order chi connectivity index (χ1) is 13.3. The highest BCUT2D eigenvalue weighted by molar-refractivity contribution is 8.00. The van der Waals surface area contributed by atoms with Gasteiger partial charge in [-0.15, -0.1) is 11.8 Å². The summed E-state index contributed by atoms with van der Waals surface area (Å²) >= 11 is 0.786. The minimum Gasteiger partial charge on any atom is -0.323 e. The maximum atomic E-state index is 12.7. The molecular formula is C18H12F3N3O3S. The van der Waals surface area contributed by atoms with E-state index in [4.69, 9.17) is 0 Å². The molecule has 1 N–H and O–H groups in total. The average molecular weight is 407 g/mol. The van der Waals surface area contributed by atoms with E-state index in [1.165, 1.54) is 0 Å². The van der Waals surface area contributed by atoms with Crippen LogP contribution in [0, 0.1) is 10.1 Å². The number of para-hydroxylation sites is 1. The molecule has 0 spiro atoms. The molecule has 0 saturated heterocycles. The second kappa shape index (κ2) is 7.85. The van der Waals surface area contributed by atoms with Gasteiger partial charge in [0.15, 0.2) is 0 Å².